The molecule has 0 bridgehead atoms. The molecule has 17 heavy (non-hydrogen) atoms. The number of benzene rings is 1. The zero-order valence-electron chi connectivity index (χ0n) is 9.70. The Morgan fingerprint density at radius 2 is 2.06 bits per heavy atom. The molecule has 0 aliphatic carbocycles. The van der Waals surface area contributed by atoms with E-state index in [9.17, 15) is 4.39 Å². The Kier molecular flexibility index (Phi) is 2.95. The number of methoxy groups -OCH3 is 1. The minimum absolute atomic E-state index is 0.299. The van der Waals surface area contributed by atoms with Crippen LogP contribution in [0, 0.1) is 12.7 Å². The SMILES string of the molecule is COc1cc(-c2ccc(F)c(C)c2N)ccn1. The molecule has 0 aliphatic heterocycles. The lowest BCUT2D eigenvalue weighted by atomic mass is 10.0. The number of pyridine rings is 1. The lowest BCUT2D eigenvalue weighted by Gasteiger charge is -2.10. The van der Waals surface area contributed by atoms with Gasteiger partial charge in [-0.2, -0.15) is 0 Å². The predicted molar refractivity (Wildman–Crippen MR) is 65.3 cm³/mol. The van der Waals surface area contributed by atoms with Crippen molar-refractivity contribution in [2.75, 3.05) is 12.8 Å². The zero-order valence-corrected chi connectivity index (χ0v) is 9.70. The van der Waals surface area contributed by atoms with Crippen LogP contribution >= 0.6 is 0 Å². The molecule has 0 aliphatic rings. The fraction of sp³-hybridized carbons (Fsp3) is 0.154. The van der Waals surface area contributed by atoms with Gasteiger partial charge in [-0.05, 0) is 30.7 Å². The van der Waals surface area contributed by atoms with Crippen molar-refractivity contribution in [3.8, 4) is 17.0 Å². The van der Waals surface area contributed by atoms with Gasteiger partial charge in [0.2, 0.25) is 5.88 Å². The molecule has 2 rings (SSSR count). The van der Waals surface area contributed by atoms with Crippen molar-refractivity contribution in [1.29, 1.82) is 0 Å². The largest absolute Gasteiger partial charge is 0.481 e. The smallest absolute Gasteiger partial charge is 0.213 e. The number of halogens is 1. The lowest BCUT2D eigenvalue weighted by molar-refractivity contribution is 0.398. The average molecular weight is 232 g/mol. The van der Waals surface area contributed by atoms with Crippen LogP contribution in [0.3, 0.4) is 0 Å². The van der Waals surface area contributed by atoms with E-state index in [-0.39, 0.29) is 5.82 Å². The molecule has 88 valence electrons. The Hall–Kier alpha value is -2.10. The third kappa shape index (κ3) is 2.06. The van der Waals surface area contributed by atoms with Gasteiger partial charge >= 0.3 is 0 Å². The van der Waals surface area contributed by atoms with E-state index in [4.69, 9.17) is 10.5 Å². The van der Waals surface area contributed by atoms with E-state index in [1.807, 2.05) is 6.07 Å². The number of hydrogen-bond acceptors (Lipinski definition) is 3. The van der Waals surface area contributed by atoms with Gasteiger partial charge in [-0.1, -0.05) is 0 Å². The molecule has 0 radical (unpaired) electrons. The summed E-state index contributed by atoms with van der Waals surface area (Å²) in [5.74, 6) is 0.205. The minimum Gasteiger partial charge on any atom is -0.481 e. The number of ether oxygens (including phenoxy) is 1. The van der Waals surface area contributed by atoms with Gasteiger partial charge in [-0.25, -0.2) is 9.37 Å². The summed E-state index contributed by atoms with van der Waals surface area (Å²) >= 11 is 0. The summed E-state index contributed by atoms with van der Waals surface area (Å²) in [6.07, 6.45) is 1.63. The molecule has 0 fully saturated rings. The van der Waals surface area contributed by atoms with Crippen LogP contribution in [-0.2, 0) is 0 Å². The van der Waals surface area contributed by atoms with Crippen LogP contribution < -0.4 is 10.5 Å². The van der Waals surface area contributed by atoms with Crippen molar-refractivity contribution in [2.45, 2.75) is 6.92 Å². The average Bonchev–Trinajstić information content (AvgIpc) is 2.36. The summed E-state index contributed by atoms with van der Waals surface area (Å²) in [6.45, 7) is 1.66. The second kappa shape index (κ2) is 4.41. The summed E-state index contributed by atoms with van der Waals surface area (Å²) in [7, 11) is 1.55. The third-order valence-corrected chi connectivity index (χ3v) is 2.70. The topological polar surface area (TPSA) is 48.1 Å². The zero-order chi connectivity index (χ0) is 12.4. The van der Waals surface area contributed by atoms with Crippen molar-refractivity contribution in [1.82, 2.24) is 4.98 Å². The van der Waals surface area contributed by atoms with Gasteiger partial charge in [0.15, 0.2) is 0 Å². The molecule has 2 aromatic rings. The molecule has 0 atom stereocenters. The van der Waals surface area contributed by atoms with Gasteiger partial charge in [0, 0.05) is 29.1 Å². The van der Waals surface area contributed by atoms with Crippen LogP contribution in [0.25, 0.3) is 11.1 Å². The molecule has 0 saturated heterocycles. The molecule has 0 spiro atoms. The Labute approximate surface area is 99.1 Å². The molecule has 2 N–H and O–H groups in total. The summed E-state index contributed by atoms with van der Waals surface area (Å²) in [5, 5.41) is 0. The monoisotopic (exact) mass is 232 g/mol. The standard InChI is InChI=1S/C13H13FN2O/c1-8-11(14)4-3-10(13(8)15)9-5-6-16-12(7-9)17-2/h3-7H,15H2,1-2H3. The molecule has 1 aromatic heterocycles. The van der Waals surface area contributed by atoms with Gasteiger partial charge in [0.1, 0.15) is 5.82 Å². The number of anilines is 1. The highest BCUT2D eigenvalue weighted by Gasteiger charge is 2.09. The number of hydrogen-bond donors (Lipinski definition) is 1. The second-order valence-corrected chi connectivity index (χ2v) is 3.72. The predicted octanol–water partition coefficient (Wildman–Crippen LogP) is 2.79. The van der Waals surface area contributed by atoms with E-state index in [0.717, 1.165) is 11.1 Å². The summed E-state index contributed by atoms with van der Waals surface area (Å²) in [4.78, 5) is 4.02. The van der Waals surface area contributed by atoms with Gasteiger partial charge in [-0.15, -0.1) is 0 Å². The van der Waals surface area contributed by atoms with Crippen LogP contribution in [-0.4, -0.2) is 12.1 Å². The fourth-order valence-electron chi connectivity index (χ4n) is 1.64. The first-order valence-corrected chi connectivity index (χ1v) is 5.18. The van der Waals surface area contributed by atoms with Gasteiger partial charge in [-0.3, -0.25) is 0 Å². The molecule has 1 aromatic carbocycles. The Bertz CT molecular complexity index is 555. The van der Waals surface area contributed by atoms with Crippen molar-refractivity contribution in [3.05, 3.63) is 41.8 Å². The number of nitrogens with zero attached hydrogens (tertiary/aromatic N) is 1. The molecular weight excluding hydrogens is 219 g/mol. The van der Waals surface area contributed by atoms with Crippen molar-refractivity contribution >= 4 is 5.69 Å². The van der Waals surface area contributed by atoms with Gasteiger partial charge in [0.05, 0.1) is 7.11 Å². The molecule has 4 heteroatoms. The molecule has 0 saturated carbocycles. The Balaban J connectivity index is 2.56. The number of nitrogens with two attached hydrogens (primary N) is 1. The molecule has 3 nitrogen and oxygen atoms in total. The summed E-state index contributed by atoms with van der Waals surface area (Å²) < 4.78 is 18.3. The maximum Gasteiger partial charge on any atom is 0.213 e. The summed E-state index contributed by atoms with van der Waals surface area (Å²) in [5.41, 5.74) is 8.45. The van der Waals surface area contributed by atoms with Crippen LogP contribution in [0.5, 0.6) is 5.88 Å². The van der Waals surface area contributed by atoms with Crippen LogP contribution in [0.2, 0.25) is 0 Å². The van der Waals surface area contributed by atoms with Crippen LogP contribution in [0.15, 0.2) is 30.5 Å². The molecule has 0 amide bonds. The highest BCUT2D eigenvalue weighted by atomic mass is 19.1. The van der Waals surface area contributed by atoms with Crippen molar-refractivity contribution in [2.24, 2.45) is 0 Å². The first-order chi connectivity index (χ1) is 8.13. The van der Waals surface area contributed by atoms with Crippen molar-refractivity contribution in [3.63, 3.8) is 0 Å². The van der Waals surface area contributed by atoms with E-state index in [1.165, 1.54) is 6.07 Å². The normalized spacial score (nSPS) is 10.3. The van der Waals surface area contributed by atoms with Crippen LogP contribution in [0.1, 0.15) is 5.56 Å². The third-order valence-electron chi connectivity index (χ3n) is 2.70. The number of rotatable bonds is 2. The quantitative estimate of drug-likeness (QED) is 0.810. The van der Waals surface area contributed by atoms with Crippen molar-refractivity contribution < 1.29 is 9.13 Å². The maximum absolute atomic E-state index is 13.3. The molecular formula is C13H13FN2O. The molecule has 1 heterocycles. The van der Waals surface area contributed by atoms with E-state index < -0.39 is 0 Å². The number of aromatic nitrogens is 1. The second-order valence-electron chi connectivity index (χ2n) is 3.72. The van der Waals surface area contributed by atoms with E-state index in [0.29, 0.717) is 17.1 Å². The summed E-state index contributed by atoms with van der Waals surface area (Å²) in [6, 6.07) is 6.65. The van der Waals surface area contributed by atoms with Gasteiger partial charge in [0.25, 0.3) is 0 Å². The molecule has 0 unspecified atom stereocenters. The Morgan fingerprint density at radius 1 is 1.29 bits per heavy atom. The van der Waals surface area contributed by atoms with E-state index in [1.54, 1.807) is 32.4 Å². The minimum atomic E-state index is -0.299. The highest BCUT2D eigenvalue weighted by molar-refractivity contribution is 5.78. The van der Waals surface area contributed by atoms with Crippen LogP contribution in [0.4, 0.5) is 10.1 Å². The first-order valence-electron chi connectivity index (χ1n) is 5.18. The first kappa shape index (κ1) is 11.4. The maximum atomic E-state index is 13.3. The fourth-order valence-corrected chi connectivity index (χ4v) is 1.64. The lowest BCUT2D eigenvalue weighted by Crippen LogP contribution is -1.97. The highest BCUT2D eigenvalue weighted by Crippen LogP contribution is 2.30. The Morgan fingerprint density at radius 3 is 2.76 bits per heavy atom. The van der Waals surface area contributed by atoms with E-state index in [2.05, 4.69) is 4.98 Å². The van der Waals surface area contributed by atoms with Gasteiger partial charge < -0.3 is 10.5 Å². The van der Waals surface area contributed by atoms with E-state index >= 15 is 0 Å². The number of nitrogen functional groups attached to an aromatic ring is 1.